The summed E-state index contributed by atoms with van der Waals surface area (Å²) < 4.78 is 0. The molecule has 0 heterocycles. The van der Waals surface area contributed by atoms with Crippen molar-refractivity contribution in [2.24, 2.45) is 5.41 Å². The standard InChI is InChI=1S/C14H24.C2H6/c1-4-7-9-13-10-8-11-14(5-2,6-3)12-13;1-2/h8,10,12H,4-7,9,11H2,1-3H3;1-2H3. The molecule has 0 aliphatic heterocycles. The van der Waals surface area contributed by atoms with Crippen LogP contribution in [0.4, 0.5) is 0 Å². The van der Waals surface area contributed by atoms with E-state index in [1.807, 2.05) is 13.8 Å². The summed E-state index contributed by atoms with van der Waals surface area (Å²) in [7, 11) is 0. The van der Waals surface area contributed by atoms with Gasteiger partial charge in [0.05, 0.1) is 0 Å². The molecule has 0 saturated carbocycles. The Kier molecular flexibility index (Phi) is 8.33. The van der Waals surface area contributed by atoms with Crippen LogP contribution in [-0.2, 0) is 0 Å². The van der Waals surface area contributed by atoms with Gasteiger partial charge in [-0.2, -0.15) is 0 Å². The summed E-state index contributed by atoms with van der Waals surface area (Å²) in [4.78, 5) is 0. The molecule has 0 aromatic carbocycles. The van der Waals surface area contributed by atoms with Gasteiger partial charge in [-0.05, 0) is 37.5 Å². The van der Waals surface area contributed by atoms with E-state index in [2.05, 4.69) is 39.0 Å². The molecule has 0 N–H and O–H groups in total. The quantitative estimate of drug-likeness (QED) is 0.543. The minimum absolute atomic E-state index is 0.484. The Labute approximate surface area is 103 Å². The summed E-state index contributed by atoms with van der Waals surface area (Å²) in [6.45, 7) is 10.9. The molecule has 0 aromatic rings. The van der Waals surface area contributed by atoms with Crippen molar-refractivity contribution in [3.05, 3.63) is 23.8 Å². The molecule has 0 bridgehead atoms. The van der Waals surface area contributed by atoms with Gasteiger partial charge in [0, 0.05) is 0 Å². The molecule has 0 heteroatoms. The van der Waals surface area contributed by atoms with Gasteiger partial charge >= 0.3 is 0 Å². The maximum Gasteiger partial charge on any atom is -0.00831 e. The molecule has 16 heavy (non-hydrogen) atoms. The van der Waals surface area contributed by atoms with Crippen LogP contribution in [0, 0.1) is 5.41 Å². The van der Waals surface area contributed by atoms with Gasteiger partial charge in [0.1, 0.15) is 0 Å². The zero-order valence-corrected chi connectivity index (χ0v) is 12.0. The molecule has 0 fully saturated rings. The van der Waals surface area contributed by atoms with E-state index in [1.165, 1.54) is 38.5 Å². The lowest BCUT2D eigenvalue weighted by atomic mass is 9.75. The highest BCUT2D eigenvalue weighted by molar-refractivity contribution is 5.27. The maximum atomic E-state index is 2.54. The molecule has 0 spiro atoms. The average molecular weight is 222 g/mol. The van der Waals surface area contributed by atoms with E-state index >= 15 is 0 Å². The molecule has 0 saturated heterocycles. The average Bonchev–Trinajstić information content (AvgIpc) is 2.39. The second kappa shape index (κ2) is 8.61. The molecular formula is C16H30. The van der Waals surface area contributed by atoms with Gasteiger partial charge in [0.25, 0.3) is 0 Å². The van der Waals surface area contributed by atoms with Crippen molar-refractivity contribution in [2.75, 3.05) is 0 Å². The Morgan fingerprint density at radius 3 is 2.25 bits per heavy atom. The third-order valence-electron chi connectivity index (χ3n) is 3.58. The number of allylic oxidation sites excluding steroid dienone is 4. The lowest BCUT2D eigenvalue weighted by molar-refractivity contribution is 0.350. The van der Waals surface area contributed by atoms with Crippen molar-refractivity contribution < 1.29 is 0 Å². The second-order valence-corrected chi connectivity index (χ2v) is 4.50. The van der Waals surface area contributed by atoms with E-state index in [4.69, 9.17) is 0 Å². The first-order valence-electron chi connectivity index (χ1n) is 7.14. The Hall–Kier alpha value is -0.520. The third kappa shape index (κ3) is 4.55. The smallest absolute Gasteiger partial charge is 0.00831 e. The van der Waals surface area contributed by atoms with E-state index in [1.54, 1.807) is 5.57 Å². The highest BCUT2D eigenvalue weighted by atomic mass is 14.3. The molecule has 1 rings (SSSR count). The molecule has 0 amide bonds. The predicted molar refractivity (Wildman–Crippen MR) is 75.7 cm³/mol. The van der Waals surface area contributed by atoms with Crippen molar-refractivity contribution >= 4 is 0 Å². The van der Waals surface area contributed by atoms with Gasteiger partial charge in [-0.3, -0.25) is 0 Å². The Morgan fingerprint density at radius 1 is 1.12 bits per heavy atom. The summed E-state index contributed by atoms with van der Waals surface area (Å²) in [6, 6.07) is 0. The summed E-state index contributed by atoms with van der Waals surface area (Å²) in [6.07, 6.45) is 15.0. The van der Waals surface area contributed by atoms with Crippen molar-refractivity contribution in [2.45, 2.75) is 73.1 Å². The normalized spacial score (nSPS) is 17.4. The van der Waals surface area contributed by atoms with E-state index in [0.29, 0.717) is 5.41 Å². The van der Waals surface area contributed by atoms with Crippen LogP contribution in [0.15, 0.2) is 23.8 Å². The summed E-state index contributed by atoms with van der Waals surface area (Å²) in [5, 5.41) is 0. The van der Waals surface area contributed by atoms with Crippen LogP contribution >= 0.6 is 0 Å². The van der Waals surface area contributed by atoms with Crippen LogP contribution in [0.3, 0.4) is 0 Å². The van der Waals surface area contributed by atoms with Gasteiger partial charge < -0.3 is 0 Å². The molecule has 0 nitrogen and oxygen atoms in total. The van der Waals surface area contributed by atoms with Crippen LogP contribution < -0.4 is 0 Å². The first-order chi connectivity index (χ1) is 7.76. The number of unbranched alkanes of at least 4 members (excludes halogenated alkanes) is 1. The van der Waals surface area contributed by atoms with E-state index < -0.39 is 0 Å². The highest BCUT2D eigenvalue weighted by Crippen LogP contribution is 2.37. The Bertz CT molecular complexity index is 216. The highest BCUT2D eigenvalue weighted by Gasteiger charge is 2.24. The molecular weight excluding hydrogens is 192 g/mol. The van der Waals surface area contributed by atoms with Crippen molar-refractivity contribution in [1.82, 2.24) is 0 Å². The van der Waals surface area contributed by atoms with Crippen LogP contribution in [0.5, 0.6) is 0 Å². The lowest BCUT2D eigenvalue weighted by Gasteiger charge is -2.30. The van der Waals surface area contributed by atoms with Gasteiger partial charge in [-0.25, -0.2) is 0 Å². The fourth-order valence-corrected chi connectivity index (χ4v) is 2.22. The largest absolute Gasteiger partial charge is 0.0834 e. The van der Waals surface area contributed by atoms with E-state index in [9.17, 15) is 0 Å². The molecule has 0 aromatic heterocycles. The third-order valence-corrected chi connectivity index (χ3v) is 3.58. The number of hydrogen-bond donors (Lipinski definition) is 0. The monoisotopic (exact) mass is 222 g/mol. The topological polar surface area (TPSA) is 0 Å². The minimum Gasteiger partial charge on any atom is -0.0834 e. The minimum atomic E-state index is 0.484. The fraction of sp³-hybridized carbons (Fsp3) is 0.750. The first kappa shape index (κ1) is 15.5. The number of rotatable bonds is 5. The Balaban J connectivity index is 0.00000106. The molecule has 1 aliphatic carbocycles. The molecule has 0 unspecified atom stereocenters. The van der Waals surface area contributed by atoms with Crippen LogP contribution in [0.25, 0.3) is 0 Å². The molecule has 0 atom stereocenters. The molecule has 0 radical (unpaired) electrons. The summed E-state index contributed by atoms with van der Waals surface area (Å²) >= 11 is 0. The van der Waals surface area contributed by atoms with Crippen molar-refractivity contribution in [3.8, 4) is 0 Å². The summed E-state index contributed by atoms with van der Waals surface area (Å²) in [5.74, 6) is 0. The zero-order chi connectivity index (χ0) is 12.4. The van der Waals surface area contributed by atoms with Gasteiger partial charge in [0.15, 0.2) is 0 Å². The van der Waals surface area contributed by atoms with Gasteiger partial charge in [-0.1, -0.05) is 64.8 Å². The van der Waals surface area contributed by atoms with Gasteiger partial charge in [-0.15, -0.1) is 0 Å². The first-order valence-corrected chi connectivity index (χ1v) is 7.14. The van der Waals surface area contributed by atoms with E-state index in [0.717, 1.165) is 0 Å². The predicted octanol–water partition coefficient (Wildman–Crippen LogP) is 5.90. The fourth-order valence-electron chi connectivity index (χ4n) is 2.22. The number of hydrogen-bond acceptors (Lipinski definition) is 0. The second-order valence-electron chi connectivity index (χ2n) is 4.50. The van der Waals surface area contributed by atoms with Crippen molar-refractivity contribution in [3.63, 3.8) is 0 Å². The van der Waals surface area contributed by atoms with Crippen molar-refractivity contribution in [1.29, 1.82) is 0 Å². The summed E-state index contributed by atoms with van der Waals surface area (Å²) in [5.41, 5.74) is 2.06. The van der Waals surface area contributed by atoms with Crippen LogP contribution in [0.1, 0.15) is 73.1 Å². The molecule has 1 aliphatic rings. The van der Waals surface area contributed by atoms with Crippen LogP contribution in [0.2, 0.25) is 0 Å². The lowest BCUT2D eigenvalue weighted by Crippen LogP contribution is -2.17. The zero-order valence-electron chi connectivity index (χ0n) is 12.0. The Morgan fingerprint density at radius 2 is 1.75 bits per heavy atom. The van der Waals surface area contributed by atoms with Gasteiger partial charge in [0.2, 0.25) is 0 Å². The molecule has 94 valence electrons. The maximum absolute atomic E-state index is 2.54. The van der Waals surface area contributed by atoms with Crippen LogP contribution in [-0.4, -0.2) is 0 Å². The van der Waals surface area contributed by atoms with E-state index in [-0.39, 0.29) is 0 Å². The SMILES string of the molecule is CC.CCCCC1=CC(CC)(CC)CC=C1.